The number of rotatable bonds is 5. The van der Waals surface area contributed by atoms with E-state index in [2.05, 4.69) is 6.58 Å². The van der Waals surface area contributed by atoms with Crippen molar-refractivity contribution in [2.24, 2.45) is 17.3 Å². The first-order chi connectivity index (χ1) is 11.2. The second-order valence-corrected chi connectivity index (χ2v) is 6.26. The monoisotopic (exact) mass is 340 g/mol. The molecule has 2 atom stereocenters. The fourth-order valence-corrected chi connectivity index (χ4v) is 2.91. The minimum Gasteiger partial charge on any atom is -0.460 e. The van der Waals surface area contributed by atoms with Crippen molar-refractivity contribution in [3.63, 3.8) is 0 Å². The average Bonchev–Trinajstić information content (AvgIpc) is 3.10. The molecule has 1 fully saturated rings. The first-order valence-electron chi connectivity index (χ1n) is 7.24. The second kappa shape index (κ2) is 6.31. The number of hydrogen-bond acceptors (Lipinski definition) is 2. The van der Waals surface area contributed by atoms with Gasteiger partial charge in [-0.05, 0) is 11.3 Å². The molecule has 0 N–H and O–H groups in total. The normalized spacial score (nSPS) is 21.0. The predicted octanol–water partition coefficient (Wildman–Crippen LogP) is 3.92. The van der Waals surface area contributed by atoms with Crippen LogP contribution in [0.5, 0.6) is 0 Å². The van der Waals surface area contributed by atoms with Gasteiger partial charge < -0.3 is 4.74 Å². The third-order valence-electron chi connectivity index (χ3n) is 4.50. The number of carbonyl (C=O) groups is 1. The first-order valence-corrected chi connectivity index (χ1v) is 7.24. The van der Waals surface area contributed by atoms with Gasteiger partial charge >= 0.3 is 5.97 Å². The molecule has 0 saturated heterocycles. The zero-order chi connectivity index (χ0) is 18.2. The SMILES string of the molecule is C#CCc1c(F)c(F)c(COC(=O)[C@@H]2[C@@H](C=C)C2(C)C)c(F)c1F. The molecule has 0 bridgehead atoms. The number of benzene rings is 1. The molecule has 0 spiro atoms. The zero-order valence-electron chi connectivity index (χ0n) is 13.3. The molecule has 1 saturated carbocycles. The predicted molar refractivity (Wildman–Crippen MR) is 79.6 cm³/mol. The summed E-state index contributed by atoms with van der Waals surface area (Å²) in [5.74, 6) is -5.76. The Labute approximate surface area is 137 Å². The maximum absolute atomic E-state index is 13.9. The van der Waals surface area contributed by atoms with Crippen molar-refractivity contribution < 1.29 is 27.1 Å². The van der Waals surface area contributed by atoms with Gasteiger partial charge in [-0.2, -0.15) is 0 Å². The Bertz CT molecular complexity index is 717. The minimum atomic E-state index is -1.61. The molecule has 0 radical (unpaired) electrons. The number of allylic oxidation sites excluding steroid dienone is 1. The molecule has 128 valence electrons. The van der Waals surface area contributed by atoms with E-state index in [9.17, 15) is 22.4 Å². The molecule has 0 aromatic heterocycles. The van der Waals surface area contributed by atoms with Gasteiger partial charge in [0.15, 0.2) is 23.3 Å². The van der Waals surface area contributed by atoms with E-state index >= 15 is 0 Å². The van der Waals surface area contributed by atoms with E-state index in [4.69, 9.17) is 11.2 Å². The maximum atomic E-state index is 13.9. The van der Waals surface area contributed by atoms with Crippen molar-refractivity contribution in [1.29, 1.82) is 0 Å². The Morgan fingerprint density at radius 1 is 1.21 bits per heavy atom. The van der Waals surface area contributed by atoms with Gasteiger partial charge in [0.25, 0.3) is 0 Å². The number of esters is 1. The summed E-state index contributed by atoms with van der Waals surface area (Å²) in [6.45, 7) is 6.34. The van der Waals surface area contributed by atoms with E-state index in [-0.39, 0.29) is 11.3 Å². The van der Waals surface area contributed by atoms with E-state index in [1.807, 2.05) is 19.8 Å². The van der Waals surface area contributed by atoms with Crippen molar-refractivity contribution in [2.45, 2.75) is 26.9 Å². The zero-order valence-corrected chi connectivity index (χ0v) is 13.3. The highest BCUT2D eigenvalue weighted by Gasteiger charge is 2.61. The molecule has 0 heterocycles. The number of halogens is 4. The van der Waals surface area contributed by atoms with Crippen LogP contribution in [-0.4, -0.2) is 5.97 Å². The van der Waals surface area contributed by atoms with E-state index in [1.54, 1.807) is 6.08 Å². The van der Waals surface area contributed by atoms with Crippen LogP contribution in [0.1, 0.15) is 25.0 Å². The van der Waals surface area contributed by atoms with Gasteiger partial charge in [0.05, 0.1) is 11.5 Å². The third kappa shape index (κ3) is 2.79. The molecular formula is C18H16F4O2. The van der Waals surface area contributed by atoms with Crippen LogP contribution in [0.4, 0.5) is 17.6 Å². The van der Waals surface area contributed by atoms with Crippen LogP contribution < -0.4 is 0 Å². The van der Waals surface area contributed by atoms with Gasteiger partial charge in [0.1, 0.15) is 6.61 Å². The molecule has 2 nitrogen and oxygen atoms in total. The Hall–Kier alpha value is -2.29. The summed E-state index contributed by atoms with van der Waals surface area (Å²) >= 11 is 0. The molecule has 2 rings (SSSR count). The topological polar surface area (TPSA) is 26.3 Å². The second-order valence-electron chi connectivity index (χ2n) is 6.26. The summed E-state index contributed by atoms with van der Waals surface area (Å²) < 4.78 is 60.3. The van der Waals surface area contributed by atoms with Gasteiger partial charge in [0.2, 0.25) is 0 Å². The lowest BCUT2D eigenvalue weighted by Gasteiger charge is -2.11. The standard InChI is InChI=1S/C18H16F4O2/c1-5-7-9-13(19)15(21)10(16(22)14(9)20)8-24-17(23)12-11(6-2)18(12,3)4/h1,6,11-12H,2,7-8H2,3-4H3/t11-,12+/m1/s1. The summed E-state index contributed by atoms with van der Waals surface area (Å²) in [4.78, 5) is 12.0. The lowest BCUT2D eigenvalue weighted by Crippen LogP contribution is -2.14. The van der Waals surface area contributed by atoms with Crippen LogP contribution in [-0.2, 0) is 22.6 Å². The Balaban J connectivity index is 2.21. The third-order valence-corrected chi connectivity index (χ3v) is 4.50. The van der Waals surface area contributed by atoms with Crippen molar-refractivity contribution in [1.82, 2.24) is 0 Å². The van der Waals surface area contributed by atoms with Crippen molar-refractivity contribution in [3.8, 4) is 12.3 Å². The van der Waals surface area contributed by atoms with Crippen LogP contribution in [0, 0.1) is 52.9 Å². The minimum absolute atomic E-state index is 0.119. The highest BCUT2D eigenvalue weighted by Crippen LogP contribution is 2.59. The molecule has 0 aliphatic heterocycles. The molecule has 6 heteroatoms. The Morgan fingerprint density at radius 2 is 1.71 bits per heavy atom. The molecule has 0 unspecified atom stereocenters. The van der Waals surface area contributed by atoms with Crippen LogP contribution >= 0.6 is 0 Å². The summed E-state index contributed by atoms with van der Waals surface area (Å²) in [5.41, 5.74) is -2.21. The summed E-state index contributed by atoms with van der Waals surface area (Å²) in [6, 6.07) is 0. The lowest BCUT2D eigenvalue weighted by atomic mass is 10.1. The van der Waals surface area contributed by atoms with Crippen LogP contribution in [0.3, 0.4) is 0 Å². The Morgan fingerprint density at radius 3 is 2.12 bits per heavy atom. The first kappa shape index (κ1) is 18.1. The molecule has 1 aromatic carbocycles. The molecule has 1 aliphatic carbocycles. The maximum Gasteiger partial charge on any atom is 0.310 e. The number of ether oxygens (including phenoxy) is 1. The van der Waals surface area contributed by atoms with Crippen LogP contribution in [0.15, 0.2) is 12.7 Å². The van der Waals surface area contributed by atoms with Gasteiger partial charge in [-0.3, -0.25) is 4.79 Å². The molecule has 1 aromatic rings. The molecule has 1 aliphatic rings. The molecular weight excluding hydrogens is 324 g/mol. The number of terminal acetylenes is 1. The van der Waals surface area contributed by atoms with Gasteiger partial charge in [-0.25, -0.2) is 17.6 Å². The van der Waals surface area contributed by atoms with Gasteiger partial charge in [-0.1, -0.05) is 19.9 Å². The Kier molecular flexibility index (Phi) is 4.75. The highest BCUT2D eigenvalue weighted by molar-refractivity contribution is 5.78. The molecule has 24 heavy (non-hydrogen) atoms. The summed E-state index contributed by atoms with van der Waals surface area (Å²) in [6.07, 6.45) is 5.92. The average molecular weight is 340 g/mol. The van der Waals surface area contributed by atoms with E-state index in [0.29, 0.717) is 0 Å². The summed E-state index contributed by atoms with van der Waals surface area (Å²) in [5, 5.41) is 0. The van der Waals surface area contributed by atoms with Gasteiger partial charge in [-0.15, -0.1) is 18.9 Å². The van der Waals surface area contributed by atoms with Crippen LogP contribution in [0.25, 0.3) is 0 Å². The quantitative estimate of drug-likeness (QED) is 0.267. The summed E-state index contributed by atoms with van der Waals surface area (Å²) in [7, 11) is 0. The van der Waals surface area contributed by atoms with Crippen molar-refractivity contribution >= 4 is 5.97 Å². The smallest absolute Gasteiger partial charge is 0.310 e. The van der Waals surface area contributed by atoms with Crippen LogP contribution in [0.2, 0.25) is 0 Å². The molecule has 0 amide bonds. The van der Waals surface area contributed by atoms with E-state index in [1.165, 1.54) is 0 Å². The van der Waals surface area contributed by atoms with Crippen molar-refractivity contribution in [3.05, 3.63) is 47.1 Å². The highest BCUT2D eigenvalue weighted by atomic mass is 19.2. The lowest BCUT2D eigenvalue weighted by molar-refractivity contribution is -0.147. The number of carbonyl (C=O) groups excluding carboxylic acids is 1. The van der Waals surface area contributed by atoms with Gasteiger partial charge in [0, 0.05) is 12.0 Å². The number of hydrogen-bond donors (Lipinski definition) is 0. The van der Waals surface area contributed by atoms with E-state index in [0.717, 1.165) is 0 Å². The largest absolute Gasteiger partial charge is 0.460 e. The van der Waals surface area contributed by atoms with E-state index < -0.39 is 59.3 Å². The fraction of sp³-hybridized carbons (Fsp3) is 0.389. The van der Waals surface area contributed by atoms with Crippen molar-refractivity contribution in [2.75, 3.05) is 0 Å². The fourth-order valence-electron chi connectivity index (χ4n) is 2.91.